The molecular formula is C12H4ClF13N2O. The van der Waals surface area contributed by atoms with Crippen molar-refractivity contribution in [1.29, 1.82) is 0 Å². The summed E-state index contributed by atoms with van der Waals surface area (Å²) >= 11 is 5.25. The van der Waals surface area contributed by atoms with E-state index in [0.717, 1.165) is 17.6 Å². The number of hydrogen-bond acceptors (Lipinski definition) is 2. The molecule has 1 N–H and O–H groups in total. The van der Waals surface area contributed by atoms with Crippen molar-refractivity contribution in [3.63, 3.8) is 0 Å². The van der Waals surface area contributed by atoms with E-state index in [0.29, 0.717) is 6.07 Å². The summed E-state index contributed by atoms with van der Waals surface area (Å²) in [7, 11) is 0. The highest BCUT2D eigenvalue weighted by atomic mass is 35.5. The van der Waals surface area contributed by atoms with Crippen LogP contribution in [0.1, 0.15) is 0 Å². The fourth-order valence-electron chi connectivity index (χ4n) is 1.59. The van der Waals surface area contributed by atoms with Gasteiger partial charge in [-0.3, -0.25) is 4.79 Å². The minimum Gasteiger partial charge on any atom is -0.318 e. The number of nitrogens with one attached hydrogen (secondary N) is 1. The van der Waals surface area contributed by atoms with Gasteiger partial charge in [-0.2, -0.15) is 57.1 Å². The second-order valence-electron chi connectivity index (χ2n) is 5.17. The number of amides is 1. The van der Waals surface area contributed by atoms with Crippen LogP contribution in [0.4, 0.5) is 62.8 Å². The van der Waals surface area contributed by atoms with E-state index in [1.165, 1.54) is 0 Å². The van der Waals surface area contributed by atoms with Gasteiger partial charge in [-0.25, -0.2) is 4.98 Å². The fourth-order valence-corrected chi connectivity index (χ4v) is 1.76. The quantitative estimate of drug-likeness (QED) is 0.442. The highest BCUT2D eigenvalue weighted by Gasteiger charge is 2.91. The van der Waals surface area contributed by atoms with Crippen LogP contribution in [0.5, 0.6) is 0 Å². The van der Waals surface area contributed by atoms with Crippen LogP contribution in [-0.4, -0.2) is 46.7 Å². The highest BCUT2D eigenvalue weighted by molar-refractivity contribution is 6.32. The Labute approximate surface area is 155 Å². The number of carbonyl (C=O) groups excluding carboxylic acids is 1. The van der Waals surface area contributed by atoms with E-state index in [4.69, 9.17) is 11.6 Å². The van der Waals surface area contributed by atoms with Crippen LogP contribution in [-0.2, 0) is 4.79 Å². The predicted octanol–water partition coefficient (Wildman–Crippen LogP) is 5.41. The zero-order valence-electron chi connectivity index (χ0n) is 12.9. The molecule has 0 radical (unpaired) electrons. The molecule has 17 heteroatoms. The maximum absolute atomic E-state index is 13.6. The summed E-state index contributed by atoms with van der Waals surface area (Å²) in [5.74, 6) is -42.1. The van der Waals surface area contributed by atoms with E-state index in [1.54, 1.807) is 0 Å². The molecule has 0 atom stereocenters. The molecule has 0 aliphatic rings. The van der Waals surface area contributed by atoms with Crippen LogP contribution in [0, 0.1) is 0 Å². The standard InChI is InChI=1S/C12H4ClF13N2O/c13-5-4(2-1-3-27-5)28-6(29)7(14,15)8(16,17)9(18,19)10(20,21)11(22,23)12(24,25)26/h1-3H,(H,28,29). The zero-order valence-corrected chi connectivity index (χ0v) is 13.6. The number of alkyl halides is 13. The summed E-state index contributed by atoms with van der Waals surface area (Å²) in [6, 6.07) is 1.45. The molecule has 1 amide bonds. The number of aromatic nitrogens is 1. The normalized spacial score (nSPS) is 14.7. The third kappa shape index (κ3) is 3.66. The van der Waals surface area contributed by atoms with E-state index >= 15 is 0 Å². The van der Waals surface area contributed by atoms with Crippen molar-refractivity contribution in [2.75, 3.05) is 5.32 Å². The molecule has 0 bridgehead atoms. The molecule has 0 aliphatic heterocycles. The first-order chi connectivity index (χ1) is 12.7. The Kier molecular flexibility index (Phi) is 6.09. The van der Waals surface area contributed by atoms with Gasteiger partial charge in [0.15, 0.2) is 5.15 Å². The second kappa shape index (κ2) is 7.05. The molecule has 0 saturated carbocycles. The zero-order chi connectivity index (χ0) is 23.3. The topological polar surface area (TPSA) is 42.0 Å². The van der Waals surface area contributed by atoms with E-state index < -0.39 is 52.5 Å². The SMILES string of the molecule is O=C(Nc1cccnc1Cl)C(F)(F)C(F)(F)C(F)(F)C(F)(F)C(F)(F)C(F)(F)F. The van der Waals surface area contributed by atoms with Gasteiger partial charge >= 0.3 is 41.7 Å². The molecule has 0 fully saturated rings. The number of hydrogen-bond donors (Lipinski definition) is 1. The van der Waals surface area contributed by atoms with Crippen molar-refractivity contribution in [3.05, 3.63) is 23.5 Å². The molecule has 0 aliphatic carbocycles. The Bertz CT molecular complexity index is 777. The maximum Gasteiger partial charge on any atom is 0.460 e. The number of rotatable bonds is 6. The first kappa shape index (κ1) is 25.0. The molecule has 0 saturated heterocycles. The van der Waals surface area contributed by atoms with Gasteiger partial charge in [-0.05, 0) is 12.1 Å². The molecule has 0 spiro atoms. The van der Waals surface area contributed by atoms with Gasteiger partial charge in [-0.15, -0.1) is 0 Å². The van der Waals surface area contributed by atoms with Crippen molar-refractivity contribution in [2.45, 2.75) is 35.8 Å². The van der Waals surface area contributed by atoms with Gasteiger partial charge < -0.3 is 5.32 Å². The molecule has 166 valence electrons. The summed E-state index contributed by atoms with van der Waals surface area (Å²) in [6.45, 7) is 0. The van der Waals surface area contributed by atoms with Crippen molar-refractivity contribution < 1.29 is 61.9 Å². The van der Waals surface area contributed by atoms with E-state index in [2.05, 4.69) is 4.98 Å². The predicted molar refractivity (Wildman–Crippen MR) is 68.7 cm³/mol. The van der Waals surface area contributed by atoms with Crippen LogP contribution in [0.2, 0.25) is 5.15 Å². The van der Waals surface area contributed by atoms with E-state index in [9.17, 15) is 61.9 Å². The lowest BCUT2D eigenvalue weighted by Gasteiger charge is -2.39. The molecule has 1 heterocycles. The van der Waals surface area contributed by atoms with Crippen molar-refractivity contribution >= 4 is 23.2 Å². The number of halogens is 14. The van der Waals surface area contributed by atoms with Gasteiger partial charge in [0.25, 0.3) is 0 Å². The molecular weight excluding hydrogens is 471 g/mol. The van der Waals surface area contributed by atoms with Crippen LogP contribution in [0.15, 0.2) is 18.3 Å². The third-order valence-corrected chi connectivity index (χ3v) is 3.53. The Morgan fingerprint density at radius 2 is 1.24 bits per heavy atom. The Balaban J connectivity index is 3.42. The van der Waals surface area contributed by atoms with E-state index in [1.807, 2.05) is 0 Å². The van der Waals surface area contributed by atoms with Crippen LogP contribution in [0.25, 0.3) is 0 Å². The van der Waals surface area contributed by atoms with Gasteiger partial charge in [-0.1, -0.05) is 11.6 Å². The average molecular weight is 475 g/mol. The maximum atomic E-state index is 13.6. The highest BCUT2D eigenvalue weighted by Crippen LogP contribution is 2.60. The van der Waals surface area contributed by atoms with Crippen LogP contribution < -0.4 is 5.32 Å². The molecule has 1 rings (SSSR count). The lowest BCUT2D eigenvalue weighted by molar-refractivity contribution is -0.435. The number of carbonyl (C=O) groups is 1. The molecule has 1 aromatic heterocycles. The lowest BCUT2D eigenvalue weighted by atomic mass is 9.93. The van der Waals surface area contributed by atoms with Crippen molar-refractivity contribution in [3.8, 4) is 0 Å². The summed E-state index contributed by atoms with van der Waals surface area (Å²) in [4.78, 5) is 14.4. The molecule has 1 aromatic rings. The minimum absolute atomic E-state index is 0.603. The van der Waals surface area contributed by atoms with Crippen LogP contribution in [0.3, 0.4) is 0 Å². The van der Waals surface area contributed by atoms with Gasteiger partial charge in [0.2, 0.25) is 0 Å². The largest absolute Gasteiger partial charge is 0.460 e. The van der Waals surface area contributed by atoms with Gasteiger partial charge in [0, 0.05) is 6.20 Å². The first-order valence-electron chi connectivity index (χ1n) is 6.54. The summed E-state index contributed by atoms with van der Waals surface area (Å²) in [5.41, 5.74) is -1.02. The Morgan fingerprint density at radius 1 is 0.793 bits per heavy atom. The summed E-state index contributed by atoms with van der Waals surface area (Å²) < 4.78 is 168. The van der Waals surface area contributed by atoms with E-state index in [-0.39, 0.29) is 0 Å². The fraction of sp³-hybridized carbons (Fsp3) is 0.500. The van der Waals surface area contributed by atoms with Gasteiger partial charge in [0.05, 0.1) is 5.69 Å². The average Bonchev–Trinajstić information content (AvgIpc) is 2.55. The van der Waals surface area contributed by atoms with Gasteiger partial charge in [0.1, 0.15) is 0 Å². The number of anilines is 1. The number of nitrogens with zero attached hydrogens (tertiary/aromatic N) is 1. The Hall–Kier alpha value is -2.00. The molecule has 29 heavy (non-hydrogen) atoms. The Morgan fingerprint density at radius 3 is 1.66 bits per heavy atom. The monoisotopic (exact) mass is 474 g/mol. The van der Waals surface area contributed by atoms with Crippen molar-refractivity contribution in [2.24, 2.45) is 0 Å². The minimum atomic E-state index is -8.09. The lowest BCUT2D eigenvalue weighted by Crippen LogP contribution is -2.71. The molecule has 0 aromatic carbocycles. The first-order valence-corrected chi connectivity index (χ1v) is 6.91. The number of pyridine rings is 1. The summed E-state index contributed by atoms with van der Waals surface area (Å²) in [6.07, 6.45) is -6.66. The van der Waals surface area contributed by atoms with Crippen molar-refractivity contribution in [1.82, 2.24) is 4.98 Å². The third-order valence-electron chi connectivity index (χ3n) is 3.23. The van der Waals surface area contributed by atoms with Crippen LogP contribution >= 0.6 is 11.6 Å². The molecule has 3 nitrogen and oxygen atoms in total. The summed E-state index contributed by atoms with van der Waals surface area (Å²) in [5, 5.41) is -0.0766. The molecule has 0 unspecified atom stereocenters. The second-order valence-corrected chi connectivity index (χ2v) is 5.52. The smallest absolute Gasteiger partial charge is 0.318 e.